The number of aryl methyl sites for hydroxylation is 1. The van der Waals surface area contributed by atoms with Crippen LogP contribution in [0.1, 0.15) is 15.3 Å². The van der Waals surface area contributed by atoms with Gasteiger partial charge in [0.15, 0.2) is 0 Å². The summed E-state index contributed by atoms with van der Waals surface area (Å²) in [5, 5.41) is 2.70. The third kappa shape index (κ3) is 3.52. The molecule has 108 valence electrons. The Balaban J connectivity index is 2.16. The largest absolute Gasteiger partial charge is 0.416 e. The second-order valence-electron chi connectivity index (χ2n) is 4.16. The molecule has 0 spiro atoms. The summed E-state index contributed by atoms with van der Waals surface area (Å²) < 4.78 is 52.1. The average molecular weight is 368 g/mol. The third-order valence-corrected chi connectivity index (χ3v) is 4.79. The van der Waals surface area contributed by atoms with E-state index in [9.17, 15) is 17.6 Å². The van der Waals surface area contributed by atoms with Crippen LogP contribution in [-0.4, -0.2) is 0 Å². The maximum absolute atomic E-state index is 13.5. The second kappa shape index (κ2) is 5.73. The molecule has 1 aromatic carbocycles. The predicted molar refractivity (Wildman–Crippen MR) is 75.5 cm³/mol. The van der Waals surface area contributed by atoms with E-state index < -0.39 is 17.6 Å². The van der Waals surface area contributed by atoms with Gasteiger partial charge < -0.3 is 5.32 Å². The van der Waals surface area contributed by atoms with Crippen LogP contribution in [0.15, 0.2) is 28.7 Å². The van der Waals surface area contributed by atoms with Crippen LogP contribution in [0.5, 0.6) is 0 Å². The lowest BCUT2D eigenvalue weighted by Gasteiger charge is -2.11. The van der Waals surface area contributed by atoms with Crippen molar-refractivity contribution < 1.29 is 17.6 Å². The Hall–Kier alpha value is -1.08. The monoisotopic (exact) mass is 367 g/mol. The van der Waals surface area contributed by atoms with Crippen molar-refractivity contribution in [2.24, 2.45) is 0 Å². The summed E-state index contributed by atoms with van der Waals surface area (Å²) in [5.74, 6) is -0.703. The van der Waals surface area contributed by atoms with E-state index in [-0.39, 0.29) is 12.2 Å². The molecule has 1 heterocycles. The van der Waals surface area contributed by atoms with Crippen LogP contribution < -0.4 is 5.32 Å². The van der Waals surface area contributed by atoms with Crippen molar-refractivity contribution in [2.45, 2.75) is 19.6 Å². The van der Waals surface area contributed by atoms with Gasteiger partial charge in [-0.3, -0.25) is 0 Å². The number of anilines is 1. The van der Waals surface area contributed by atoms with E-state index >= 15 is 0 Å². The Morgan fingerprint density at radius 3 is 2.50 bits per heavy atom. The lowest BCUT2D eigenvalue weighted by atomic mass is 10.2. The van der Waals surface area contributed by atoms with Crippen molar-refractivity contribution in [1.29, 1.82) is 0 Å². The highest BCUT2D eigenvalue weighted by Crippen LogP contribution is 2.32. The van der Waals surface area contributed by atoms with Gasteiger partial charge in [0, 0.05) is 20.8 Å². The zero-order valence-corrected chi connectivity index (χ0v) is 12.7. The van der Waals surface area contributed by atoms with E-state index in [1.165, 1.54) is 11.3 Å². The van der Waals surface area contributed by atoms with Crippen LogP contribution in [0.25, 0.3) is 0 Å². The molecule has 0 aliphatic carbocycles. The Morgan fingerprint density at radius 1 is 1.25 bits per heavy atom. The highest BCUT2D eigenvalue weighted by atomic mass is 79.9. The van der Waals surface area contributed by atoms with Crippen molar-refractivity contribution in [2.75, 3.05) is 5.32 Å². The third-order valence-electron chi connectivity index (χ3n) is 2.65. The smallest absolute Gasteiger partial charge is 0.378 e. The van der Waals surface area contributed by atoms with Gasteiger partial charge in [-0.15, -0.1) is 11.3 Å². The normalized spacial score (nSPS) is 11.7. The molecule has 2 aromatic rings. The molecule has 0 fully saturated rings. The van der Waals surface area contributed by atoms with Gasteiger partial charge >= 0.3 is 6.18 Å². The minimum absolute atomic E-state index is 0.151. The molecule has 2 rings (SSSR count). The van der Waals surface area contributed by atoms with Crippen molar-refractivity contribution in [1.82, 2.24) is 0 Å². The van der Waals surface area contributed by atoms with E-state index in [1.807, 2.05) is 13.0 Å². The van der Waals surface area contributed by atoms with Crippen LogP contribution in [-0.2, 0) is 12.7 Å². The van der Waals surface area contributed by atoms with Crippen molar-refractivity contribution in [3.05, 3.63) is 49.9 Å². The van der Waals surface area contributed by atoms with Crippen molar-refractivity contribution in [3.63, 3.8) is 0 Å². The zero-order valence-electron chi connectivity index (χ0n) is 10.3. The summed E-state index contributed by atoms with van der Waals surface area (Å²) in [6.45, 7) is 2.19. The highest BCUT2D eigenvalue weighted by molar-refractivity contribution is 9.10. The van der Waals surface area contributed by atoms with E-state index in [4.69, 9.17) is 0 Å². The summed E-state index contributed by atoms with van der Waals surface area (Å²) in [7, 11) is 0. The molecule has 1 nitrogen and oxygen atoms in total. The number of rotatable bonds is 3. The van der Waals surface area contributed by atoms with Crippen LogP contribution in [0.4, 0.5) is 23.2 Å². The quantitative estimate of drug-likeness (QED) is 0.697. The molecule has 0 aliphatic heterocycles. The van der Waals surface area contributed by atoms with Crippen molar-refractivity contribution in [3.8, 4) is 0 Å². The fraction of sp³-hybridized carbons (Fsp3) is 0.231. The summed E-state index contributed by atoms with van der Waals surface area (Å²) in [6, 6.07) is 4.19. The first-order chi connectivity index (χ1) is 9.27. The van der Waals surface area contributed by atoms with Crippen LogP contribution >= 0.6 is 27.3 Å². The Labute approximate surface area is 125 Å². The number of benzene rings is 1. The van der Waals surface area contributed by atoms with Gasteiger partial charge in [-0.05, 0) is 47.1 Å². The van der Waals surface area contributed by atoms with E-state index in [1.54, 1.807) is 0 Å². The molecular weight excluding hydrogens is 358 g/mol. The van der Waals surface area contributed by atoms with Crippen LogP contribution in [0.3, 0.4) is 0 Å². The first-order valence-electron chi connectivity index (χ1n) is 5.63. The number of hydrogen-bond donors (Lipinski definition) is 1. The Kier molecular flexibility index (Phi) is 4.39. The molecule has 0 amide bonds. The van der Waals surface area contributed by atoms with Gasteiger partial charge in [0.05, 0.1) is 11.3 Å². The highest BCUT2D eigenvalue weighted by Gasteiger charge is 2.31. The summed E-state index contributed by atoms with van der Waals surface area (Å²) in [5.41, 5.74) is -1.02. The molecule has 0 unspecified atom stereocenters. The zero-order chi connectivity index (χ0) is 14.9. The summed E-state index contributed by atoms with van der Waals surface area (Å²) >= 11 is 4.85. The summed E-state index contributed by atoms with van der Waals surface area (Å²) in [6.07, 6.45) is -4.48. The fourth-order valence-corrected chi connectivity index (χ4v) is 3.17. The Morgan fingerprint density at radius 2 is 1.95 bits per heavy atom. The molecule has 0 saturated carbocycles. The van der Waals surface area contributed by atoms with Gasteiger partial charge in [-0.2, -0.15) is 13.2 Å². The minimum Gasteiger partial charge on any atom is -0.378 e. The van der Waals surface area contributed by atoms with Gasteiger partial charge in [0.25, 0.3) is 0 Å². The number of nitrogens with one attached hydrogen (secondary N) is 1. The molecule has 0 radical (unpaired) electrons. The lowest BCUT2D eigenvalue weighted by molar-refractivity contribution is -0.137. The molecule has 20 heavy (non-hydrogen) atoms. The van der Waals surface area contributed by atoms with E-state index in [0.717, 1.165) is 32.4 Å². The molecular formula is C13H10BrF4NS. The molecule has 0 saturated heterocycles. The van der Waals surface area contributed by atoms with Gasteiger partial charge in [-0.25, -0.2) is 4.39 Å². The predicted octanol–water partition coefficient (Wildman–Crippen LogP) is 5.59. The van der Waals surface area contributed by atoms with Crippen LogP contribution in [0, 0.1) is 12.7 Å². The standard InChI is InChI=1S/C13H10BrF4NS/c1-7-10(14)5-9(20-7)6-19-12-4-8(13(16,17)18)2-3-11(12)15/h2-5,19H,6H2,1H3. The van der Waals surface area contributed by atoms with E-state index in [0.29, 0.717) is 0 Å². The first kappa shape index (κ1) is 15.3. The number of hydrogen-bond acceptors (Lipinski definition) is 2. The molecule has 1 aromatic heterocycles. The minimum atomic E-state index is -4.48. The SMILES string of the molecule is Cc1sc(CNc2cc(C(F)(F)F)ccc2F)cc1Br. The van der Waals surface area contributed by atoms with Crippen LogP contribution in [0.2, 0.25) is 0 Å². The topological polar surface area (TPSA) is 12.0 Å². The second-order valence-corrected chi connectivity index (χ2v) is 6.36. The average Bonchev–Trinajstić information content (AvgIpc) is 2.66. The molecule has 0 bridgehead atoms. The number of alkyl halides is 3. The molecule has 0 aliphatic rings. The molecule has 7 heteroatoms. The first-order valence-corrected chi connectivity index (χ1v) is 7.24. The number of halogens is 5. The molecule has 1 N–H and O–H groups in total. The lowest BCUT2D eigenvalue weighted by Crippen LogP contribution is -2.07. The maximum atomic E-state index is 13.5. The Bertz CT molecular complexity index is 602. The van der Waals surface area contributed by atoms with Gasteiger partial charge in [0.1, 0.15) is 5.82 Å². The van der Waals surface area contributed by atoms with E-state index in [2.05, 4.69) is 21.2 Å². The maximum Gasteiger partial charge on any atom is 0.416 e. The fourth-order valence-electron chi connectivity index (χ4n) is 1.62. The number of thiophene rings is 1. The van der Waals surface area contributed by atoms with Gasteiger partial charge in [-0.1, -0.05) is 0 Å². The molecule has 0 atom stereocenters. The van der Waals surface area contributed by atoms with Crippen molar-refractivity contribution >= 4 is 33.0 Å². The summed E-state index contributed by atoms with van der Waals surface area (Å²) in [4.78, 5) is 1.97. The van der Waals surface area contributed by atoms with Gasteiger partial charge in [0.2, 0.25) is 0 Å².